The van der Waals surface area contributed by atoms with Gasteiger partial charge in [0.1, 0.15) is 0 Å². The van der Waals surface area contributed by atoms with E-state index in [1.165, 1.54) is 6.07 Å². The predicted molar refractivity (Wildman–Crippen MR) is 105 cm³/mol. The van der Waals surface area contributed by atoms with Crippen LogP contribution in [0.5, 0.6) is 0 Å². The number of aromatic nitrogens is 1. The maximum absolute atomic E-state index is 13.0. The third kappa shape index (κ3) is 3.74. The zero-order valence-electron chi connectivity index (χ0n) is 15.1. The Labute approximate surface area is 164 Å². The number of carbonyl (C=O) groups is 1. The molecule has 0 aliphatic carbocycles. The molecule has 0 fully saturated rings. The Balaban J connectivity index is 1.73. The van der Waals surface area contributed by atoms with Crippen molar-refractivity contribution in [2.45, 2.75) is 12.6 Å². The van der Waals surface area contributed by atoms with Gasteiger partial charge in [-0.1, -0.05) is 42.5 Å². The Morgan fingerprint density at radius 3 is 2.31 bits per heavy atom. The van der Waals surface area contributed by atoms with E-state index in [4.69, 9.17) is 5.11 Å². The lowest BCUT2D eigenvalue weighted by molar-refractivity contribution is -0.138. The number of para-hydroxylation sites is 1. The molecule has 4 rings (SSSR count). The van der Waals surface area contributed by atoms with Crippen LogP contribution in [0.4, 0.5) is 13.2 Å². The maximum atomic E-state index is 13.0. The van der Waals surface area contributed by atoms with Crippen LogP contribution in [0.15, 0.2) is 79.0 Å². The molecule has 0 bridgehead atoms. The van der Waals surface area contributed by atoms with Crippen molar-refractivity contribution in [1.82, 2.24) is 4.57 Å². The van der Waals surface area contributed by atoms with E-state index in [-0.39, 0.29) is 6.42 Å². The number of alkyl halides is 3. The number of hydrogen-bond donors (Lipinski definition) is 1. The van der Waals surface area contributed by atoms with Crippen LogP contribution >= 0.6 is 0 Å². The molecule has 3 nitrogen and oxygen atoms in total. The Hall–Kier alpha value is -3.54. The molecule has 1 N–H and O–H groups in total. The maximum Gasteiger partial charge on any atom is 0.416 e. The number of benzene rings is 3. The molecular formula is C23H16F3NO2. The minimum Gasteiger partial charge on any atom is -0.481 e. The zero-order valence-corrected chi connectivity index (χ0v) is 15.1. The first-order valence-electron chi connectivity index (χ1n) is 8.92. The van der Waals surface area contributed by atoms with E-state index in [1.54, 1.807) is 24.4 Å². The number of aliphatic carboxylic acids is 1. The average molecular weight is 395 g/mol. The van der Waals surface area contributed by atoms with Crippen LogP contribution in [-0.4, -0.2) is 15.6 Å². The van der Waals surface area contributed by atoms with E-state index in [1.807, 2.05) is 41.0 Å². The van der Waals surface area contributed by atoms with Crippen LogP contribution < -0.4 is 0 Å². The quantitative estimate of drug-likeness (QED) is 0.464. The Kier molecular flexibility index (Phi) is 4.62. The molecule has 0 spiro atoms. The van der Waals surface area contributed by atoms with E-state index in [0.29, 0.717) is 16.7 Å². The minimum atomic E-state index is -4.39. The van der Waals surface area contributed by atoms with Gasteiger partial charge in [0.05, 0.1) is 17.5 Å². The summed E-state index contributed by atoms with van der Waals surface area (Å²) in [7, 11) is 0. The van der Waals surface area contributed by atoms with Gasteiger partial charge in [-0.2, -0.15) is 13.2 Å². The minimum absolute atomic E-state index is 0.0875. The summed E-state index contributed by atoms with van der Waals surface area (Å²) in [6.45, 7) is 0. The highest BCUT2D eigenvalue weighted by molar-refractivity contribution is 5.89. The Bertz CT molecular complexity index is 1190. The van der Waals surface area contributed by atoms with E-state index < -0.39 is 17.7 Å². The predicted octanol–water partition coefficient (Wildman–Crippen LogP) is 5.94. The summed E-state index contributed by atoms with van der Waals surface area (Å²) in [6.07, 6.45) is -2.69. The molecule has 0 saturated carbocycles. The standard InChI is InChI=1S/C23H16F3NO2/c24-23(25,26)18-5-3-4-16(12-18)15-8-10-19(11-9-15)27-14-17(13-22(28)29)20-6-1-2-7-21(20)27/h1-12,14H,13H2,(H,28,29). The molecule has 6 heteroatoms. The Morgan fingerprint density at radius 1 is 0.897 bits per heavy atom. The van der Waals surface area contributed by atoms with Gasteiger partial charge in [-0.25, -0.2) is 0 Å². The van der Waals surface area contributed by atoms with Crippen LogP contribution in [-0.2, 0) is 17.4 Å². The summed E-state index contributed by atoms with van der Waals surface area (Å²) in [5, 5.41) is 10.0. The van der Waals surface area contributed by atoms with Crippen molar-refractivity contribution in [3.8, 4) is 16.8 Å². The fourth-order valence-corrected chi connectivity index (χ4v) is 3.46. The van der Waals surface area contributed by atoms with Crippen molar-refractivity contribution < 1.29 is 23.1 Å². The van der Waals surface area contributed by atoms with Gasteiger partial charge in [0.15, 0.2) is 0 Å². The molecule has 0 amide bonds. The van der Waals surface area contributed by atoms with Gasteiger partial charge in [0.25, 0.3) is 0 Å². The molecule has 146 valence electrons. The van der Waals surface area contributed by atoms with Gasteiger partial charge in [0, 0.05) is 17.3 Å². The van der Waals surface area contributed by atoms with Gasteiger partial charge in [-0.3, -0.25) is 4.79 Å². The van der Waals surface area contributed by atoms with Crippen LogP contribution in [0.3, 0.4) is 0 Å². The van der Waals surface area contributed by atoms with Crippen molar-refractivity contribution in [3.05, 3.63) is 90.1 Å². The summed E-state index contributed by atoms with van der Waals surface area (Å²) < 4.78 is 40.8. The van der Waals surface area contributed by atoms with Crippen LogP contribution in [0, 0.1) is 0 Å². The fraction of sp³-hybridized carbons (Fsp3) is 0.0870. The molecule has 0 aliphatic rings. The highest BCUT2D eigenvalue weighted by Crippen LogP contribution is 2.33. The van der Waals surface area contributed by atoms with Gasteiger partial charge in [-0.15, -0.1) is 0 Å². The van der Waals surface area contributed by atoms with Gasteiger partial charge in [0.2, 0.25) is 0 Å². The number of carboxylic acids is 1. The first kappa shape index (κ1) is 18.8. The molecule has 29 heavy (non-hydrogen) atoms. The second kappa shape index (κ2) is 7.13. The Morgan fingerprint density at radius 2 is 1.62 bits per heavy atom. The van der Waals surface area contributed by atoms with Crippen molar-refractivity contribution in [2.24, 2.45) is 0 Å². The van der Waals surface area contributed by atoms with Crippen molar-refractivity contribution in [2.75, 3.05) is 0 Å². The van der Waals surface area contributed by atoms with E-state index in [2.05, 4.69) is 0 Å². The van der Waals surface area contributed by atoms with Crippen molar-refractivity contribution >= 4 is 16.9 Å². The molecular weight excluding hydrogens is 379 g/mol. The van der Waals surface area contributed by atoms with Crippen molar-refractivity contribution in [1.29, 1.82) is 0 Å². The molecule has 1 aromatic heterocycles. The molecule has 0 radical (unpaired) electrons. The summed E-state index contributed by atoms with van der Waals surface area (Å²) in [6, 6.07) is 19.9. The molecule has 0 atom stereocenters. The zero-order chi connectivity index (χ0) is 20.6. The summed E-state index contributed by atoms with van der Waals surface area (Å²) in [5.74, 6) is -0.909. The number of carboxylic acid groups (broad SMARTS) is 1. The monoisotopic (exact) mass is 395 g/mol. The van der Waals surface area contributed by atoms with Crippen LogP contribution in [0.25, 0.3) is 27.7 Å². The average Bonchev–Trinajstić information content (AvgIpc) is 3.06. The number of rotatable bonds is 4. The smallest absolute Gasteiger partial charge is 0.416 e. The van der Waals surface area contributed by atoms with Gasteiger partial charge in [-0.05, 0) is 47.0 Å². The summed E-state index contributed by atoms with van der Waals surface area (Å²) in [4.78, 5) is 11.2. The van der Waals surface area contributed by atoms with Crippen molar-refractivity contribution in [3.63, 3.8) is 0 Å². The highest BCUT2D eigenvalue weighted by atomic mass is 19.4. The highest BCUT2D eigenvalue weighted by Gasteiger charge is 2.30. The van der Waals surface area contributed by atoms with E-state index in [9.17, 15) is 18.0 Å². The third-order valence-corrected chi connectivity index (χ3v) is 4.80. The third-order valence-electron chi connectivity index (χ3n) is 4.80. The first-order valence-corrected chi connectivity index (χ1v) is 8.92. The first-order chi connectivity index (χ1) is 13.8. The molecule has 0 saturated heterocycles. The van der Waals surface area contributed by atoms with Gasteiger partial charge >= 0.3 is 12.1 Å². The summed E-state index contributed by atoms with van der Waals surface area (Å²) in [5.41, 5.74) is 2.84. The topological polar surface area (TPSA) is 42.2 Å². The van der Waals surface area contributed by atoms with Crippen LogP contribution in [0.2, 0.25) is 0 Å². The lowest BCUT2D eigenvalue weighted by Gasteiger charge is -2.10. The SMILES string of the molecule is O=C(O)Cc1cn(-c2ccc(-c3cccc(C(F)(F)F)c3)cc2)c2ccccc12. The largest absolute Gasteiger partial charge is 0.481 e. The lowest BCUT2D eigenvalue weighted by atomic mass is 10.0. The summed E-state index contributed by atoms with van der Waals surface area (Å²) >= 11 is 0. The number of nitrogens with zero attached hydrogens (tertiary/aromatic N) is 1. The van der Waals surface area contributed by atoms with E-state index in [0.717, 1.165) is 28.7 Å². The van der Waals surface area contributed by atoms with Crippen LogP contribution in [0.1, 0.15) is 11.1 Å². The second-order valence-corrected chi connectivity index (χ2v) is 6.74. The fourth-order valence-electron chi connectivity index (χ4n) is 3.46. The second-order valence-electron chi connectivity index (χ2n) is 6.74. The normalized spacial score (nSPS) is 11.7. The number of hydrogen-bond acceptors (Lipinski definition) is 1. The molecule has 0 aliphatic heterocycles. The number of halogens is 3. The number of fused-ring (bicyclic) bond motifs is 1. The molecule has 3 aromatic carbocycles. The molecule has 4 aromatic rings. The molecule has 0 unspecified atom stereocenters. The lowest BCUT2D eigenvalue weighted by Crippen LogP contribution is -2.04. The van der Waals surface area contributed by atoms with E-state index >= 15 is 0 Å². The molecule has 1 heterocycles. The van der Waals surface area contributed by atoms with Gasteiger partial charge < -0.3 is 9.67 Å².